The molecule has 0 aromatic rings. The van der Waals surface area contributed by atoms with Crippen molar-refractivity contribution in [2.75, 3.05) is 0 Å². The van der Waals surface area contributed by atoms with Gasteiger partial charge in [-0.2, -0.15) is 0 Å². The van der Waals surface area contributed by atoms with Gasteiger partial charge in [0.25, 0.3) is 0 Å². The maximum atomic E-state index is 11.0. The number of nitrogens with one attached hydrogen (secondary N) is 1. The highest BCUT2D eigenvalue weighted by molar-refractivity contribution is 5.73. The van der Waals surface area contributed by atoms with Gasteiger partial charge in [0.2, 0.25) is 5.91 Å². The molecule has 2 aliphatic carbocycles. The van der Waals surface area contributed by atoms with Crippen molar-refractivity contribution in [3.63, 3.8) is 0 Å². The van der Waals surface area contributed by atoms with Crippen molar-refractivity contribution in [1.29, 1.82) is 0 Å². The summed E-state index contributed by atoms with van der Waals surface area (Å²) in [5, 5.41) is 3.08. The van der Waals surface area contributed by atoms with Gasteiger partial charge in [-0.3, -0.25) is 4.79 Å². The normalized spacial score (nSPS) is 37.4. The van der Waals surface area contributed by atoms with Gasteiger partial charge in [0.15, 0.2) is 0 Å². The van der Waals surface area contributed by atoms with Crippen LogP contribution in [0.3, 0.4) is 0 Å². The van der Waals surface area contributed by atoms with Crippen LogP contribution in [0, 0.1) is 11.8 Å². The Morgan fingerprint density at radius 3 is 2.50 bits per heavy atom. The lowest BCUT2D eigenvalue weighted by molar-refractivity contribution is -0.120. The number of fused-ring (bicyclic) bond motifs is 1. The van der Waals surface area contributed by atoms with E-state index in [1.807, 2.05) is 0 Å². The van der Waals surface area contributed by atoms with E-state index in [0.29, 0.717) is 6.04 Å². The molecule has 80 valence electrons. The van der Waals surface area contributed by atoms with Gasteiger partial charge in [-0.25, -0.2) is 0 Å². The third-order valence-corrected chi connectivity index (χ3v) is 3.95. The Bertz CT molecular complexity index is 214. The molecule has 2 saturated carbocycles. The van der Waals surface area contributed by atoms with Crippen LogP contribution in [0.25, 0.3) is 0 Å². The summed E-state index contributed by atoms with van der Waals surface area (Å²) in [5.74, 6) is 2.03. The van der Waals surface area contributed by atoms with Gasteiger partial charge >= 0.3 is 0 Å². The molecule has 0 aromatic heterocycles. The van der Waals surface area contributed by atoms with E-state index >= 15 is 0 Å². The second-order valence-electron chi connectivity index (χ2n) is 5.02. The summed E-state index contributed by atoms with van der Waals surface area (Å²) in [6, 6.07) is 0.479. The molecular formula is C12H21NO. The van der Waals surface area contributed by atoms with E-state index in [4.69, 9.17) is 0 Å². The Morgan fingerprint density at radius 2 is 1.79 bits per heavy atom. The van der Waals surface area contributed by atoms with Gasteiger partial charge in [0, 0.05) is 13.0 Å². The summed E-state index contributed by atoms with van der Waals surface area (Å²) in [6.45, 7) is 1.63. The fourth-order valence-electron chi connectivity index (χ4n) is 3.29. The first-order valence-corrected chi connectivity index (χ1v) is 6.03. The zero-order chi connectivity index (χ0) is 9.97. The molecule has 1 amide bonds. The quantitative estimate of drug-likeness (QED) is 0.684. The van der Waals surface area contributed by atoms with Crippen LogP contribution in [0.2, 0.25) is 0 Å². The SMILES string of the molecule is CC(=O)N[C@H]1CC[C@H]2CCCC[C@@H]2C1. The van der Waals surface area contributed by atoms with E-state index in [-0.39, 0.29) is 5.91 Å². The molecule has 1 N–H and O–H groups in total. The number of carbonyl (C=O) groups is 1. The van der Waals surface area contributed by atoms with E-state index in [1.54, 1.807) is 6.92 Å². The first-order valence-electron chi connectivity index (χ1n) is 6.03. The average Bonchev–Trinajstić information content (AvgIpc) is 2.17. The van der Waals surface area contributed by atoms with Crippen LogP contribution >= 0.6 is 0 Å². The summed E-state index contributed by atoms with van der Waals surface area (Å²) in [6.07, 6.45) is 9.48. The van der Waals surface area contributed by atoms with Crippen molar-refractivity contribution in [3.8, 4) is 0 Å². The molecule has 2 heteroatoms. The molecule has 0 unspecified atom stereocenters. The summed E-state index contributed by atoms with van der Waals surface area (Å²) in [5.41, 5.74) is 0. The van der Waals surface area contributed by atoms with Gasteiger partial charge < -0.3 is 5.32 Å². The van der Waals surface area contributed by atoms with Crippen molar-refractivity contribution < 1.29 is 4.79 Å². The fraction of sp³-hybridized carbons (Fsp3) is 0.917. The predicted molar refractivity (Wildman–Crippen MR) is 56.9 cm³/mol. The van der Waals surface area contributed by atoms with Crippen LogP contribution in [0.15, 0.2) is 0 Å². The lowest BCUT2D eigenvalue weighted by Gasteiger charge is -2.39. The van der Waals surface area contributed by atoms with Crippen LogP contribution < -0.4 is 5.32 Å². The lowest BCUT2D eigenvalue weighted by atomic mass is 9.69. The molecule has 0 spiro atoms. The predicted octanol–water partition coefficient (Wildman–Crippen LogP) is 2.48. The number of rotatable bonds is 1. The second kappa shape index (κ2) is 4.33. The third kappa shape index (κ3) is 2.28. The maximum absolute atomic E-state index is 11.0. The van der Waals surface area contributed by atoms with E-state index in [0.717, 1.165) is 11.8 Å². The first kappa shape index (κ1) is 10.0. The molecule has 0 aliphatic heterocycles. The van der Waals surface area contributed by atoms with E-state index < -0.39 is 0 Å². The Labute approximate surface area is 86.5 Å². The van der Waals surface area contributed by atoms with E-state index in [1.165, 1.54) is 44.9 Å². The average molecular weight is 195 g/mol. The molecule has 2 fully saturated rings. The number of amides is 1. The number of hydrogen-bond acceptors (Lipinski definition) is 1. The van der Waals surface area contributed by atoms with Crippen molar-refractivity contribution in [1.82, 2.24) is 5.32 Å². The Balaban J connectivity index is 1.86. The molecule has 14 heavy (non-hydrogen) atoms. The second-order valence-corrected chi connectivity index (χ2v) is 5.02. The minimum absolute atomic E-state index is 0.143. The molecule has 0 heterocycles. The Hall–Kier alpha value is -0.530. The largest absolute Gasteiger partial charge is 0.354 e. The molecule has 0 bridgehead atoms. The highest BCUT2D eigenvalue weighted by atomic mass is 16.1. The molecular weight excluding hydrogens is 174 g/mol. The minimum Gasteiger partial charge on any atom is -0.354 e. The van der Waals surface area contributed by atoms with Gasteiger partial charge in [0.1, 0.15) is 0 Å². The van der Waals surface area contributed by atoms with Crippen molar-refractivity contribution in [2.24, 2.45) is 11.8 Å². The highest BCUT2D eigenvalue weighted by Gasteiger charge is 2.32. The monoisotopic (exact) mass is 195 g/mol. The number of hydrogen-bond donors (Lipinski definition) is 1. The molecule has 3 atom stereocenters. The van der Waals surface area contributed by atoms with Gasteiger partial charge in [-0.1, -0.05) is 25.7 Å². The van der Waals surface area contributed by atoms with Crippen LogP contribution in [-0.2, 0) is 4.79 Å². The molecule has 2 aliphatic rings. The summed E-state index contributed by atoms with van der Waals surface area (Å²) >= 11 is 0. The first-order chi connectivity index (χ1) is 6.75. The number of carbonyl (C=O) groups excluding carboxylic acids is 1. The topological polar surface area (TPSA) is 29.1 Å². The van der Waals surface area contributed by atoms with Crippen molar-refractivity contribution >= 4 is 5.91 Å². The van der Waals surface area contributed by atoms with Crippen LogP contribution in [0.4, 0.5) is 0 Å². The van der Waals surface area contributed by atoms with Crippen molar-refractivity contribution in [2.45, 2.75) is 57.9 Å². The Morgan fingerprint density at radius 1 is 1.07 bits per heavy atom. The highest BCUT2D eigenvalue weighted by Crippen LogP contribution is 2.40. The maximum Gasteiger partial charge on any atom is 0.217 e. The fourth-order valence-corrected chi connectivity index (χ4v) is 3.29. The summed E-state index contributed by atoms with van der Waals surface area (Å²) < 4.78 is 0. The molecule has 2 rings (SSSR count). The van der Waals surface area contributed by atoms with E-state index in [2.05, 4.69) is 5.32 Å². The zero-order valence-corrected chi connectivity index (χ0v) is 9.09. The Kier molecular flexibility index (Phi) is 3.09. The molecule has 0 aromatic carbocycles. The standard InChI is InChI=1S/C12H21NO/c1-9(14)13-12-7-6-10-4-2-3-5-11(10)8-12/h10-12H,2-8H2,1H3,(H,13,14)/t10-,11-,12+/m1/s1. The molecule has 0 radical (unpaired) electrons. The molecule has 2 nitrogen and oxygen atoms in total. The minimum atomic E-state index is 0.143. The smallest absolute Gasteiger partial charge is 0.217 e. The third-order valence-electron chi connectivity index (χ3n) is 3.95. The van der Waals surface area contributed by atoms with Gasteiger partial charge in [-0.15, -0.1) is 0 Å². The van der Waals surface area contributed by atoms with Crippen LogP contribution in [0.5, 0.6) is 0 Å². The van der Waals surface area contributed by atoms with Gasteiger partial charge in [-0.05, 0) is 31.1 Å². The van der Waals surface area contributed by atoms with Gasteiger partial charge in [0.05, 0.1) is 0 Å². The van der Waals surface area contributed by atoms with E-state index in [9.17, 15) is 4.79 Å². The van der Waals surface area contributed by atoms with Crippen LogP contribution in [0.1, 0.15) is 51.9 Å². The lowest BCUT2D eigenvalue weighted by Crippen LogP contribution is -2.40. The van der Waals surface area contributed by atoms with Crippen molar-refractivity contribution in [3.05, 3.63) is 0 Å². The zero-order valence-electron chi connectivity index (χ0n) is 9.09. The summed E-state index contributed by atoms with van der Waals surface area (Å²) in [7, 11) is 0. The summed E-state index contributed by atoms with van der Waals surface area (Å²) in [4.78, 5) is 11.0. The molecule has 0 saturated heterocycles. The van der Waals surface area contributed by atoms with Crippen LogP contribution in [-0.4, -0.2) is 11.9 Å².